The van der Waals surface area contributed by atoms with Gasteiger partial charge < -0.3 is 9.84 Å². The molecule has 16 heavy (non-hydrogen) atoms. The van der Waals surface area contributed by atoms with E-state index in [1.165, 1.54) is 0 Å². The zero-order valence-electron chi connectivity index (χ0n) is 11.4. The fourth-order valence-corrected chi connectivity index (χ4v) is 2.78. The predicted octanol–water partition coefficient (Wildman–Crippen LogP) is 1.89. The van der Waals surface area contributed by atoms with E-state index in [9.17, 15) is 5.11 Å². The molecule has 0 spiro atoms. The molecule has 96 valence electrons. The van der Waals surface area contributed by atoms with Crippen molar-refractivity contribution in [2.75, 3.05) is 20.8 Å². The first-order valence-electron chi connectivity index (χ1n) is 6.27. The van der Waals surface area contributed by atoms with Gasteiger partial charge in [-0.25, -0.2) is 0 Å². The van der Waals surface area contributed by atoms with Crippen molar-refractivity contribution < 1.29 is 9.84 Å². The Labute approximate surface area is 99.8 Å². The molecule has 3 unspecified atom stereocenters. The van der Waals surface area contributed by atoms with E-state index in [1.54, 1.807) is 7.11 Å². The summed E-state index contributed by atoms with van der Waals surface area (Å²) in [4.78, 5) is 2.37. The highest BCUT2D eigenvalue weighted by Gasteiger charge is 2.39. The Hall–Kier alpha value is -0.120. The van der Waals surface area contributed by atoms with Gasteiger partial charge in [-0.2, -0.15) is 0 Å². The van der Waals surface area contributed by atoms with E-state index in [4.69, 9.17) is 4.74 Å². The van der Waals surface area contributed by atoms with E-state index in [0.717, 1.165) is 25.9 Å². The van der Waals surface area contributed by atoms with E-state index < -0.39 is 0 Å². The molecule has 3 heteroatoms. The van der Waals surface area contributed by atoms with Crippen molar-refractivity contribution in [1.29, 1.82) is 0 Å². The maximum Gasteiger partial charge on any atom is 0.0615 e. The second-order valence-corrected chi connectivity index (χ2v) is 5.90. The maximum atomic E-state index is 9.81. The normalized spacial score (nSPS) is 31.7. The molecule has 0 aromatic heterocycles. The Morgan fingerprint density at radius 1 is 1.50 bits per heavy atom. The van der Waals surface area contributed by atoms with Crippen molar-refractivity contribution in [2.24, 2.45) is 5.41 Å². The lowest BCUT2D eigenvalue weighted by molar-refractivity contribution is -0.0268. The van der Waals surface area contributed by atoms with Crippen molar-refractivity contribution in [3.8, 4) is 0 Å². The van der Waals surface area contributed by atoms with E-state index in [-0.39, 0.29) is 11.5 Å². The lowest BCUT2D eigenvalue weighted by Gasteiger charge is -2.47. The highest BCUT2D eigenvalue weighted by molar-refractivity contribution is 4.93. The standard InChI is InChI=1S/C13H27NO2/c1-10(9-16-5)14(4)12-8-11(15)6-7-13(12,2)3/h10-12,15H,6-9H2,1-5H3. The minimum Gasteiger partial charge on any atom is -0.393 e. The lowest BCUT2D eigenvalue weighted by Crippen LogP contribution is -2.52. The van der Waals surface area contributed by atoms with Crippen LogP contribution in [0, 0.1) is 5.41 Å². The SMILES string of the molecule is COCC(C)N(C)C1CC(O)CCC1(C)C. The van der Waals surface area contributed by atoms with Gasteiger partial charge in [0.2, 0.25) is 0 Å². The van der Waals surface area contributed by atoms with Gasteiger partial charge in [0.15, 0.2) is 0 Å². The molecule has 1 aliphatic carbocycles. The number of aliphatic hydroxyl groups is 1. The predicted molar refractivity (Wildman–Crippen MR) is 66.5 cm³/mol. The average molecular weight is 229 g/mol. The molecule has 0 saturated heterocycles. The van der Waals surface area contributed by atoms with Gasteiger partial charge in [-0.1, -0.05) is 13.8 Å². The average Bonchev–Trinajstić information content (AvgIpc) is 2.21. The molecule has 3 nitrogen and oxygen atoms in total. The summed E-state index contributed by atoms with van der Waals surface area (Å²) in [5, 5.41) is 9.81. The van der Waals surface area contributed by atoms with Gasteiger partial charge in [-0.15, -0.1) is 0 Å². The summed E-state index contributed by atoms with van der Waals surface area (Å²) >= 11 is 0. The highest BCUT2D eigenvalue weighted by atomic mass is 16.5. The smallest absolute Gasteiger partial charge is 0.0615 e. The number of hydrogen-bond donors (Lipinski definition) is 1. The first kappa shape index (κ1) is 13.9. The minimum atomic E-state index is -0.129. The molecule has 0 aliphatic heterocycles. The van der Waals surface area contributed by atoms with Crippen LogP contribution in [0.1, 0.15) is 40.0 Å². The van der Waals surface area contributed by atoms with Crippen LogP contribution >= 0.6 is 0 Å². The number of aliphatic hydroxyl groups excluding tert-OH is 1. The molecule has 0 bridgehead atoms. The third-order valence-corrected chi connectivity index (χ3v) is 4.11. The van der Waals surface area contributed by atoms with E-state index >= 15 is 0 Å². The monoisotopic (exact) mass is 229 g/mol. The summed E-state index contributed by atoms with van der Waals surface area (Å²) in [6.07, 6.45) is 2.80. The quantitative estimate of drug-likeness (QED) is 0.799. The molecule has 1 N–H and O–H groups in total. The molecular formula is C13H27NO2. The van der Waals surface area contributed by atoms with Crippen LogP contribution < -0.4 is 0 Å². The Morgan fingerprint density at radius 3 is 2.69 bits per heavy atom. The third-order valence-electron chi connectivity index (χ3n) is 4.11. The Morgan fingerprint density at radius 2 is 2.12 bits per heavy atom. The van der Waals surface area contributed by atoms with Gasteiger partial charge in [-0.3, -0.25) is 4.90 Å². The van der Waals surface area contributed by atoms with Crippen LogP contribution in [0.25, 0.3) is 0 Å². The third kappa shape index (κ3) is 3.19. The van der Waals surface area contributed by atoms with Crippen LogP contribution in [-0.2, 0) is 4.74 Å². The van der Waals surface area contributed by atoms with Crippen LogP contribution in [0.2, 0.25) is 0 Å². The number of ether oxygens (including phenoxy) is 1. The number of hydrogen-bond acceptors (Lipinski definition) is 3. The number of rotatable bonds is 4. The topological polar surface area (TPSA) is 32.7 Å². The summed E-state index contributed by atoms with van der Waals surface area (Å²) in [6.45, 7) is 7.54. The molecule has 0 aromatic rings. The van der Waals surface area contributed by atoms with Crippen molar-refractivity contribution in [1.82, 2.24) is 4.90 Å². The molecular weight excluding hydrogens is 202 g/mol. The molecule has 1 fully saturated rings. The van der Waals surface area contributed by atoms with E-state index in [1.807, 2.05) is 0 Å². The van der Waals surface area contributed by atoms with Crippen molar-refractivity contribution >= 4 is 0 Å². The van der Waals surface area contributed by atoms with Gasteiger partial charge >= 0.3 is 0 Å². The van der Waals surface area contributed by atoms with Gasteiger partial charge in [0.05, 0.1) is 12.7 Å². The van der Waals surface area contributed by atoms with Crippen LogP contribution in [0.3, 0.4) is 0 Å². The summed E-state index contributed by atoms with van der Waals surface area (Å²) in [5.74, 6) is 0. The second-order valence-electron chi connectivity index (χ2n) is 5.90. The van der Waals surface area contributed by atoms with E-state index in [2.05, 4.69) is 32.7 Å². The minimum absolute atomic E-state index is 0.129. The zero-order chi connectivity index (χ0) is 12.3. The Balaban J connectivity index is 2.67. The largest absolute Gasteiger partial charge is 0.393 e. The molecule has 0 amide bonds. The molecule has 0 radical (unpaired) electrons. The van der Waals surface area contributed by atoms with Crippen molar-refractivity contribution in [3.63, 3.8) is 0 Å². The number of nitrogens with zero attached hydrogens (tertiary/aromatic N) is 1. The van der Waals surface area contributed by atoms with Crippen LogP contribution in [0.4, 0.5) is 0 Å². The van der Waals surface area contributed by atoms with Crippen molar-refractivity contribution in [3.05, 3.63) is 0 Å². The van der Waals surface area contributed by atoms with E-state index in [0.29, 0.717) is 12.1 Å². The summed E-state index contributed by atoms with van der Waals surface area (Å²) in [7, 11) is 3.89. The number of likely N-dealkylation sites (N-methyl/N-ethyl adjacent to an activating group) is 1. The first-order valence-corrected chi connectivity index (χ1v) is 6.27. The molecule has 1 rings (SSSR count). The summed E-state index contributed by atoms with van der Waals surface area (Å²) in [5.41, 5.74) is 0.288. The van der Waals surface area contributed by atoms with Crippen LogP contribution in [-0.4, -0.2) is 49.0 Å². The van der Waals surface area contributed by atoms with Crippen molar-refractivity contribution in [2.45, 2.75) is 58.2 Å². The van der Waals surface area contributed by atoms with Gasteiger partial charge in [-0.05, 0) is 38.6 Å². The summed E-state index contributed by atoms with van der Waals surface area (Å²) < 4.78 is 5.21. The fraction of sp³-hybridized carbons (Fsp3) is 1.00. The Bertz CT molecular complexity index is 218. The fourth-order valence-electron chi connectivity index (χ4n) is 2.78. The highest BCUT2D eigenvalue weighted by Crippen LogP contribution is 2.38. The molecule has 1 aliphatic rings. The molecule has 3 atom stereocenters. The van der Waals surface area contributed by atoms with Gasteiger partial charge in [0.25, 0.3) is 0 Å². The summed E-state index contributed by atoms with van der Waals surface area (Å²) in [6, 6.07) is 0.848. The Kier molecular flexibility index (Phi) is 4.77. The molecule has 1 saturated carbocycles. The van der Waals surface area contributed by atoms with Crippen LogP contribution in [0.15, 0.2) is 0 Å². The zero-order valence-corrected chi connectivity index (χ0v) is 11.4. The number of methoxy groups -OCH3 is 1. The molecule has 0 aromatic carbocycles. The lowest BCUT2D eigenvalue weighted by atomic mass is 9.71. The first-order chi connectivity index (χ1) is 7.38. The maximum absolute atomic E-state index is 9.81. The van der Waals surface area contributed by atoms with Gasteiger partial charge in [0, 0.05) is 19.2 Å². The van der Waals surface area contributed by atoms with Crippen LogP contribution in [0.5, 0.6) is 0 Å². The second kappa shape index (κ2) is 5.48. The molecule has 0 heterocycles. The van der Waals surface area contributed by atoms with Gasteiger partial charge in [0.1, 0.15) is 0 Å².